The molecule has 30 heavy (non-hydrogen) atoms. The van der Waals surface area contributed by atoms with Crippen LogP contribution in [0.25, 0.3) is 22.4 Å². The number of carbonyl (C=O) groups excluding carboxylic acids is 1. The van der Waals surface area contributed by atoms with Crippen LogP contribution in [0.1, 0.15) is 5.69 Å². The Bertz CT molecular complexity index is 1210. The number of amides is 1. The molecule has 10 heteroatoms. The van der Waals surface area contributed by atoms with Gasteiger partial charge in [0.05, 0.1) is 22.4 Å². The number of halogens is 3. The van der Waals surface area contributed by atoms with Crippen LogP contribution in [0.2, 0.25) is 5.02 Å². The van der Waals surface area contributed by atoms with Crippen molar-refractivity contribution in [3.63, 3.8) is 0 Å². The molecule has 4 aromatic rings. The average molecular weight is 433 g/mol. The number of rotatable bonds is 6. The van der Waals surface area contributed by atoms with Gasteiger partial charge in [0, 0.05) is 17.4 Å². The van der Waals surface area contributed by atoms with Crippen molar-refractivity contribution in [3.05, 3.63) is 59.6 Å². The summed E-state index contributed by atoms with van der Waals surface area (Å²) in [6, 6.07) is 9.46. The van der Waals surface area contributed by atoms with Gasteiger partial charge in [-0.05, 0) is 43.3 Å². The first-order valence-electron chi connectivity index (χ1n) is 8.82. The highest BCUT2D eigenvalue weighted by atomic mass is 35.5. The third-order valence-corrected chi connectivity index (χ3v) is 4.62. The summed E-state index contributed by atoms with van der Waals surface area (Å²) in [6.45, 7) is -1.27. The number of alkyl halides is 2. The van der Waals surface area contributed by atoms with Gasteiger partial charge in [0.25, 0.3) is 0 Å². The van der Waals surface area contributed by atoms with Crippen LogP contribution in [-0.4, -0.2) is 27.3 Å². The number of ether oxygens (including phenoxy) is 1. The normalized spacial score (nSPS) is 11.2. The summed E-state index contributed by atoms with van der Waals surface area (Å²) in [4.78, 5) is 16.9. The van der Waals surface area contributed by atoms with Gasteiger partial charge in [-0.2, -0.15) is 13.9 Å². The lowest BCUT2D eigenvalue weighted by molar-refractivity contribution is -0.116. The molecule has 1 N–H and O–H groups in total. The summed E-state index contributed by atoms with van der Waals surface area (Å²) in [7, 11) is 0. The number of anilines is 1. The Morgan fingerprint density at radius 3 is 2.87 bits per heavy atom. The molecule has 0 aliphatic rings. The number of nitrogens with zero attached hydrogens (tertiary/aromatic N) is 3. The maximum atomic E-state index is 12.5. The van der Waals surface area contributed by atoms with Gasteiger partial charge in [0.2, 0.25) is 5.91 Å². The standard InChI is InChI=1S/C20H15ClF2N4O3/c1-11-18-13(15-3-2-8-29-15)6-7-24-19(18)27(26-11)10-17(28)25-12-4-5-16(14(21)9-12)30-20(22)23/h2-9,20H,10H2,1H3,(H,25,28). The highest BCUT2D eigenvalue weighted by Gasteiger charge is 2.17. The highest BCUT2D eigenvalue weighted by molar-refractivity contribution is 6.32. The molecule has 0 aliphatic heterocycles. The fourth-order valence-electron chi connectivity index (χ4n) is 3.14. The van der Waals surface area contributed by atoms with E-state index in [-0.39, 0.29) is 23.2 Å². The molecule has 0 unspecified atom stereocenters. The number of furan rings is 1. The van der Waals surface area contributed by atoms with E-state index in [4.69, 9.17) is 16.0 Å². The summed E-state index contributed by atoms with van der Waals surface area (Å²) >= 11 is 5.92. The molecule has 0 fully saturated rings. The molecule has 0 aliphatic carbocycles. The molecule has 154 valence electrons. The van der Waals surface area contributed by atoms with E-state index in [0.29, 0.717) is 22.8 Å². The van der Waals surface area contributed by atoms with Gasteiger partial charge in [-0.15, -0.1) is 0 Å². The Labute approximate surface area is 174 Å². The number of benzene rings is 1. The Morgan fingerprint density at radius 1 is 1.33 bits per heavy atom. The Balaban J connectivity index is 1.56. The molecule has 1 aromatic carbocycles. The number of carbonyl (C=O) groups is 1. The van der Waals surface area contributed by atoms with Gasteiger partial charge in [0.1, 0.15) is 18.1 Å². The second-order valence-electron chi connectivity index (χ2n) is 6.35. The molecule has 0 saturated carbocycles. The van der Waals surface area contributed by atoms with E-state index >= 15 is 0 Å². The summed E-state index contributed by atoms with van der Waals surface area (Å²) in [5.41, 5.74) is 2.41. The van der Waals surface area contributed by atoms with E-state index in [9.17, 15) is 13.6 Å². The SMILES string of the molecule is Cc1nn(CC(=O)Nc2ccc(OC(F)F)c(Cl)c2)c2nccc(-c3ccco3)c12. The number of aromatic nitrogens is 3. The largest absolute Gasteiger partial charge is 0.464 e. The molecular weight excluding hydrogens is 418 g/mol. The Hall–Kier alpha value is -3.46. The molecule has 4 rings (SSSR count). The first kappa shape index (κ1) is 19.8. The molecule has 1 amide bonds. The van der Waals surface area contributed by atoms with Crippen LogP contribution in [0, 0.1) is 6.92 Å². The predicted molar refractivity (Wildman–Crippen MR) is 107 cm³/mol. The fraction of sp³-hybridized carbons (Fsp3) is 0.150. The number of nitrogens with one attached hydrogen (secondary N) is 1. The fourth-order valence-corrected chi connectivity index (χ4v) is 3.36. The number of aryl methyl sites for hydroxylation is 1. The van der Waals surface area contributed by atoms with Gasteiger partial charge in [-0.3, -0.25) is 4.79 Å². The molecule has 0 spiro atoms. The average Bonchev–Trinajstić information content (AvgIpc) is 3.33. The zero-order chi connectivity index (χ0) is 21.3. The summed E-state index contributed by atoms with van der Waals surface area (Å²) in [5, 5.41) is 7.83. The van der Waals surface area contributed by atoms with E-state index in [2.05, 4.69) is 20.1 Å². The van der Waals surface area contributed by atoms with Gasteiger partial charge < -0.3 is 14.5 Å². The molecule has 0 bridgehead atoms. The van der Waals surface area contributed by atoms with Gasteiger partial charge in [-0.1, -0.05) is 11.6 Å². The minimum atomic E-state index is -2.99. The maximum absolute atomic E-state index is 12.5. The summed E-state index contributed by atoms with van der Waals surface area (Å²) in [5.74, 6) is 0.117. The predicted octanol–water partition coefficient (Wildman–Crippen LogP) is 4.89. The van der Waals surface area contributed by atoms with Crippen molar-refractivity contribution in [2.75, 3.05) is 5.32 Å². The minimum Gasteiger partial charge on any atom is -0.464 e. The van der Waals surface area contributed by atoms with Crippen molar-refractivity contribution in [3.8, 4) is 17.1 Å². The molecular formula is C20H15ClF2N4O3. The third kappa shape index (κ3) is 3.97. The molecule has 0 radical (unpaired) electrons. The van der Waals surface area contributed by atoms with Crippen molar-refractivity contribution in [1.29, 1.82) is 0 Å². The monoisotopic (exact) mass is 432 g/mol. The van der Waals surface area contributed by atoms with Crippen molar-refractivity contribution < 1.29 is 22.7 Å². The van der Waals surface area contributed by atoms with E-state index < -0.39 is 6.61 Å². The number of fused-ring (bicyclic) bond motifs is 1. The second kappa shape index (κ2) is 8.11. The Kier molecular flexibility index (Phi) is 5.37. The van der Waals surface area contributed by atoms with Gasteiger partial charge in [-0.25, -0.2) is 9.67 Å². The number of hydrogen-bond acceptors (Lipinski definition) is 5. The van der Waals surface area contributed by atoms with Crippen molar-refractivity contribution >= 4 is 34.2 Å². The van der Waals surface area contributed by atoms with Crippen molar-refractivity contribution in [2.45, 2.75) is 20.1 Å². The molecule has 7 nitrogen and oxygen atoms in total. The maximum Gasteiger partial charge on any atom is 0.387 e. The lowest BCUT2D eigenvalue weighted by Crippen LogP contribution is -2.19. The first-order chi connectivity index (χ1) is 14.4. The van der Waals surface area contributed by atoms with Crippen LogP contribution in [-0.2, 0) is 11.3 Å². The minimum absolute atomic E-state index is 0.0433. The highest BCUT2D eigenvalue weighted by Crippen LogP contribution is 2.31. The van der Waals surface area contributed by atoms with Crippen molar-refractivity contribution in [2.24, 2.45) is 0 Å². The molecule has 0 atom stereocenters. The van der Waals surface area contributed by atoms with Crippen LogP contribution >= 0.6 is 11.6 Å². The summed E-state index contributed by atoms with van der Waals surface area (Å²) in [6.07, 6.45) is 3.20. The van der Waals surface area contributed by atoms with Crippen LogP contribution in [0.5, 0.6) is 5.75 Å². The van der Waals surface area contributed by atoms with E-state index in [1.54, 1.807) is 18.5 Å². The molecule has 0 saturated heterocycles. The molecule has 3 aromatic heterocycles. The quantitative estimate of drug-likeness (QED) is 0.469. The van der Waals surface area contributed by atoms with E-state index in [0.717, 1.165) is 10.9 Å². The van der Waals surface area contributed by atoms with Crippen LogP contribution in [0.4, 0.5) is 14.5 Å². The first-order valence-corrected chi connectivity index (χ1v) is 9.20. The zero-order valence-electron chi connectivity index (χ0n) is 15.6. The zero-order valence-corrected chi connectivity index (χ0v) is 16.4. The van der Waals surface area contributed by atoms with Crippen LogP contribution in [0.15, 0.2) is 53.3 Å². The lowest BCUT2D eigenvalue weighted by atomic mass is 10.1. The van der Waals surface area contributed by atoms with E-state index in [1.807, 2.05) is 19.1 Å². The van der Waals surface area contributed by atoms with Crippen LogP contribution in [0.3, 0.4) is 0 Å². The van der Waals surface area contributed by atoms with Gasteiger partial charge >= 0.3 is 6.61 Å². The third-order valence-electron chi connectivity index (χ3n) is 4.32. The second-order valence-corrected chi connectivity index (χ2v) is 6.76. The number of hydrogen-bond donors (Lipinski definition) is 1. The van der Waals surface area contributed by atoms with Crippen LogP contribution < -0.4 is 10.1 Å². The lowest BCUT2D eigenvalue weighted by Gasteiger charge is -2.10. The van der Waals surface area contributed by atoms with Crippen molar-refractivity contribution in [1.82, 2.24) is 14.8 Å². The van der Waals surface area contributed by atoms with Gasteiger partial charge in [0.15, 0.2) is 5.65 Å². The smallest absolute Gasteiger partial charge is 0.387 e. The summed E-state index contributed by atoms with van der Waals surface area (Å²) < 4.78 is 35.9. The Morgan fingerprint density at radius 2 is 2.17 bits per heavy atom. The van der Waals surface area contributed by atoms with E-state index in [1.165, 1.54) is 22.9 Å². The number of pyridine rings is 1. The molecule has 3 heterocycles. The topological polar surface area (TPSA) is 82.2 Å².